The van der Waals surface area contributed by atoms with Gasteiger partial charge >= 0.3 is 0 Å². The third-order valence-corrected chi connectivity index (χ3v) is 8.33. The molecular weight excluding hydrogens is 492 g/mol. The Morgan fingerprint density at radius 1 is 1.22 bits per heavy atom. The number of aliphatic imine (C=N–C) groups is 1. The summed E-state index contributed by atoms with van der Waals surface area (Å²) in [5, 5.41) is 6.25. The Morgan fingerprint density at radius 2 is 2.03 bits per heavy atom. The van der Waals surface area contributed by atoms with Crippen LogP contribution in [0.3, 0.4) is 0 Å². The number of allylic oxidation sites excluding steroid dienone is 4. The molecule has 188 valence electrons. The molecule has 2 atom stereocenters. The van der Waals surface area contributed by atoms with Crippen molar-refractivity contribution in [3.63, 3.8) is 0 Å². The topological polar surface area (TPSA) is 65.0 Å². The second-order valence-corrected chi connectivity index (χ2v) is 11.6. The van der Waals surface area contributed by atoms with Gasteiger partial charge in [-0.3, -0.25) is 14.6 Å². The first-order valence-corrected chi connectivity index (χ1v) is 13.6. The second kappa shape index (κ2) is 9.96. The normalized spacial score (nSPS) is 21.8. The van der Waals surface area contributed by atoms with Crippen LogP contribution in [0.2, 0.25) is 5.02 Å². The summed E-state index contributed by atoms with van der Waals surface area (Å²) in [6.45, 7) is 5.58. The second-order valence-electron chi connectivity index (χ2n) is 10.2. The molecule has 0 saturated carbocycles. The molecule has 1 aromatic carbocycles. The summed E-state index contributed by atoms with van der Waals surface area (Å²) in [4.78, 5) is 36.3. The van der Waals surface area contributed by atoms with Gasteiger partial charge in [0, 0.05) is 60.2 Å². The van der Waals surface area contributed by atoms with Crippen LogP contribution >= 0.6 is 22.9 Å². The van der Waals surface area contributed by atoms with Gasteiger partial charge in [-0.1, -0.05) is 17.7 Å². The number of Topliss-reactive ketones (excluding diaryl/α,β-unsaturated/α-hetero) is 1. The van der Waals surface area contributed by atoms with E-state index in [1.807, 2.05) is 55.6 Å². The van der Waals surface area contributed by atoms with Gasteiger partial charge in [-0.2, -0.15) is 0 Å². The number of likely N-dealkylation sites (N-methyl/N-ethyl adjacent to an activating group) is 1. The summed E-state index contributed by atoms with van der Waals surface area (Å²) in [5.74, 6) is 0.156. The van der Waals surface area contributed by atoms with Crippen LogP contribution in [0.5, 0.6) is 0 Å². The maximum absolute atomic E-state index is 13.2. The Hall–Kier alpha value is -2.74. The number of rotatable bonds is 6. The lowest BCUT2D eigenvalue weighted by Gasteiger charge is -2.26. The van der Waals surface area contributed by atoms with E-state index in [0.717, 1.165) is 50.9 Å². The van der Waals surface area contributed by atoms with E-state index in [2.05, 4.69) is 23.2 Å². The molecule has 6 nitrogen and oxygen atoms in total. The quantitative estimate of drug-likeness (QED) is 0.534. The van der Waals surface area contributed by atoms with Crippen molar-refractivity contribution in [1.29, 1.82) is 0 Å². The number of benzene rings is 1. The molecule has 0 radical (unpaired) electrons. The van der Waals surface area contributed by atoms with Crippen LogP contribution in [-0.4, -0.2) is 59.9 Å². The third-order valence-electron chi connectivity index (χ3n) is 6.92. The van der Waals surface area contributed by atoms with Gasteiger partial charge in [0.25, 0.3) is 5.91 Å². The van der Waals surface area contributed by atoms with E-state index in [9.17, 15) is 9.59 Å². The molecular formula is C28H31ClN4O2S. The summed E-state index contributed by atoms with van der Waals surface area (Å²) in [7, 11) is 4.05. The molecule has 0 spiro atoms. The highest BCUT2D eigenvalue weighted by Crippen LogP contribution is 2.37. The molecule has 5 rings (SSSR count). The molecule has 1 aromatic heterocycles. The number of fused-ring (bicyclic) bond motifs is 2. The maximum Gasteiger partial charge on any atom is 0.254 e. The molecule has 3 heterocycles. The fourth-order valence-electron chi connectivity index (χ4n) is 5.28. The molecule has 2 aliphatic heterocycles. The number of nitrogens with one attached hydrogen (secondary N) is 1. The summed E-state index contributed by atoms with van der Waals surface area (Å²) in [5.41, 5.74) is 6.08. The average molecular weight is 523 g/mol. The first kappa shape index (κ1) is 24.9. The Labute approximate surface area is 221 Å². The summed E-state index contributed by atoms with van der Waals surface area (Å²) >= 11 is 7.91. The Morgan fingerprint density at radius 3 is 2.75 bits per heavy atom. The zero-order valence-corrected chi connectivity index (χ0v) is 22.7. The van der Waals surface area contributed by atoms with Crippen LogP contribution in [0, 0.1) is 0 Å². The molecule has 1 N–H and O–H groups in total. The van der Waals surface area contributed by atoms with Crippen LogP contribution in [-0.2, 0) is 24.2 Å². The Kier molecular flexibility index (Phi) is 6.90. The summed E-state index contributed by atoms with van der Waals surface area (Å²) < 4.78 is 0. The molecule has 8 heteroatoms. The molecule has 0 unspecified atom stereocenters. The van der Waals surface area contributed by atoms with Crippen LogP contribution < -0.4 is 5.32 Å². The lowest BCUT2D eigenvalue weighted by Crippen LogP contribution is -2.40. The number of thiophene rings is 1. The SMILES string of the molecule is C[C@H](CN(C)C)N1Cc2cc3c(cc2C1=O)CC(=C1C(=O)CC=CC1=N[C@@H](C)Cc1sccc1Cl)N3. The average Bonchev–Trinajstić information content (AvgIpc) is 3.49. The van der Waals surface area contributed by atoms with Crippen molar-refractivity contribution in [3.8, 4) is 0 Å². The maximum atomic E-state index is 13.2. The Bertz CT molecular complexity index is 1320. The van der Waals surface area contributed by atoms with Crippen molar-refractivity contribution < 1.29 is 9.59 Å². The van der Waals surface area contributed by atoms with Crippen LogP contribution in [0.4, 0.5) is 5.69 Å². The van der Waals surface area contributed by atoms with Crippen molar-refractivity contribution in [2.75, 3.05) is 26.0 Å². The smallest absolute Gasteiger partial charge is 0.254 e. The monoisotopic (exact) mass is 522 g/mol. The standard InChI is InChI=1S/C28H31ClN4O2S/c1-16(10-26-21(29)8-9-36-26)30-22-6-5-7-25(34)27(22)24-12-18-11-20-19(13-23(18)31-24)15-33(28(20)35)17(2)14-32(3)4/h5-6,8-9,11,13,16-17,31H,7,10,12,14-15H2,1-4H3/t16-,17+/m0/s1. The van der Waals surface area contributed by atoms with E-state index in [4.69, 9.17) is 16.6 Å². The molecule has 1 aliphatic carbocycles. The van der Waals surface area contributed by atoms with Crippen LogP contribution in [0.25, 0.3) is 0 Å². The first-order chi connectivity index (χ1) is 17.2. The first-order valence-electron chi connectivity index (χ1n) is 12.3. The summed E-state index contributed by atoms with van der Waals surface area (Å²) in [6.07, 6.45) is 5.52. The number of carbonyl (C=O) groups is 2. The highest BCUT2D eigenvalue weighted by atomic mass is 35.5. The predicted octanol–water partition coefficient (Wildman–Crippen LogP) is 5.13. The van der Waals surface area contributed by atoms with Gasteiger partial charge in [-0.15, -0.1) is 11.3 Å². The van der Waals surface area contributed by atoms with E-state index in [1.165, 1.54) is 0 Å². The number of hydrogen-bond donors (Lipinski definition) is 1. The van der Waals surface area contributed by atoms with Gasteiger partial charge in [-0.05, 0) is 68.7 Å². The zero-order chi connectivity index (χ0) is 25.6. The van der Waals surface area contributed by atoms with Gasteiger partial charge in [0.15, 0.2) is 5.78 Å². The van der Waals surface area contributed by atoms with Gasteiger partial charge in [0.2, 0.25) is 0 Å². The largest absolute Gasteiger partial charge is 0.358 e. The molecule has 0 saturated heterocycles. The predicted molar refractivity (Wildman–Crippen MR) is 147 cm³/mol. The fourth-order valence-corrected chi connectivity index (χ4v) is 6.52. The minimum Gasteiger partial charge on any atom is -0.358 e. The van der Waals surface area contributed by atoms with E-state index < -0.39 is 0 Å². The number of amides is 1. The summed E-state index contributed by atoms with van der Waals surface area (Å²) in [6, 6.07) is 6.12. The lowest BCUT2D eigenvalue weighted by molar-refractivity contribution is -0.114. The minimum absolute atomic E-state index is 0.0114. The van der Waals surface area contributed by atoms with Gasteiger partial charge in [0.1, 0.15) is 0 Å². The van der Waals surface area contributed by atoms with E-state index in [1.54, 1.807) is 11.3 Å². The van der Waals surface area contributed by atoms with Crippen molar-refractivity contribution in [1.82, 2.24) is 9.80 Å². The number of anilines is 1. The minimum atomic E-state index is -0.0114. The van der Waals surface area contributed by atoms with Crippen molar-refractivity contribution >= 4 is 46.0 Å². The zero-order valence-electron chi connectivity index (χ0n) is 21.1. The van der Waals surface area contributed by atoms with Gasteiger partial charge in [-0.25, -0.2) is 0 Å². The molecule has 0 fully saturated rings. The molecule has 0 bridgehead atoms. The molecule has 3 aliphatic rings. The highest BCUT2D eigenvalue weighted by molar-refractivity contribution is 7.10. The van der Waals surface area contributed by atoms with E-state index >= 15 is 0 Å². The van der Waals surface area contributed by atoms with E-state index in [0.29, 0.717) is 30.7 Å². The third kappa shape index (κ3) is 4.80. The molecule has 36 heavy (non-hydrogen) atoms. The van der Waals surface area contributed by atoms with E-state index in [-0.39, 0.29) is 23.8 Å². The van der Waals surface area contributed by atoms with Crippen molar-refractivity contribution in [2.24, 2.45) is 4.99 Å². The number of hydrogen-bond acceptors (Lipinski definition) is 6. The Balaban J connectivity index is 1.40. The number of ketones is 1. The number of carbonyl (C=O) groups excluding carboxylic acids is 2. The van der Waals surface area contributed by atoms with Crippen LogP contribution in [0.15, 0.2) is 52.0 Å². The van der Waals surface area contributed by atoms with Crippen molar-refractivity contribution in [2.45, 2.75) is 51.7 Å². The molecule has 1 amide bonds. The number of nitrogens with zero attached hydrogens (tertiary/aromatic N) is 3. The molecule has 2 aromatic rings. The van der Waals surface area contributed by atoms with Crippen molar-refractivity contribution in [3.05, 3.63) is 73.6 Å². The van der Waals surface area contributed by atoms with Gasteiger partial charge in [0.05, 0.1) is 22.3 Å². The van der Waals surface area contributed by atoms with Gasteiger partial charge < -0.3 is 15.1 Å². The number of halogens is 1. The fraction of sp³-hybridized carbons (Fsp3) is 0.393. The lowest BCUT2D eigenvalue weighted by atomic mass is 9.93. The van der Waals surface area contributed by atoms with Crippen LogP contribution in [0.1, 0.15) is 46.6 Å². The highest BCUT2D eigenvalue weighted by Gasteiger charge is 2.34.